The van der Waals surface area contributed by atoms with Crippen LogP contribution in [0.15, 0.2) is 29.2 Å². The second-order valence-electron chi connectivity index (χ2n) is 4.57. The van der Waals surface area contributed by atoms with Gasteiger partial charge in [-0.1, -0.05) is 36.6 Å². The molecule has 94 valence electrons. The third-order valence-corrected chi connectivity index (χ3v) is 4.80. The monoisotopic (exact) mass is 269 g/mol. The van der Waals surface area contributed by atoms with E-state index in [4.69, 9.17) is 11.6 Å². The molecule has 0 amide bonds. The topological polar surface area (TPSA) is 12.0 Å². The largest absolute Gasteiger partial charge is 0.314 e. The van der Waals surface area contributed by atoms with Crippen LogP contribution in [0.25, 0.3) is 0 Å². The molecule has 0 saturated heterocycles. The van der Waals surface area contributed by atoms with Crippen LogP contribution in [0.4, 0.5) is 0 Å². The molecule has 0 unspecified atom stereocenters. The minimum absolute atomic E-state index is 0.792. The molecule has 0 radical (unpaired) electrons. The third-order valence-electron chi connectivity index (χ3n) is 3.20. The molecule has 1 aliphatic rings. The van der Waals surface area contributed by atoms with E-state index in [1.165, 1.54) is 37.0 Å². The SMILES string of the molecule is Clc1ccccc1SCCCNC1CCCC1. The molecular formula is C14H20ClNS. The van der Waals surface area contributed by atoms with E-state index in [0.29, 0.717) is 0 Å². The number of benzene rings is 1. The summed E-state index contributed by atoms with van der Waals surface area (Å²) in [6, 6.07) is 8.87. The number of halogens is 1. The summed E-state index contributed by atoms with van der Waals surface area (Å²) >= 11 is 7.96. The summed E-state index contributed by atoms with van der Waals surface area (Å²) in [7, 11) is 0. The van der Waals surface area contributed by atoms with E-state index in [9.17, 15) is 0 Å². The van der Waals surface area contributed by atoms with Crippen molar-refractivity contribution in [2.24, 2.45) is 0 Å². The summed E-state index contributed by atoms with van der Waals surface area (Å²) in [5, 5.41) is 4.51. The van der Waals surface area contributed by atoms with E-state index in [2.05, 4.69) is 11.4 Å². The lowest BCUT2D eigenvalue weighted by Gasteiger charge is -2.11. The molecule has 1 N–H and O–H groups in total. The van der Waals surface area contributed by atoms with Gasteiger partial charge in [0.05, 0.1) is 5.02 Å². The lowest BCUT2D eigenvalue weighted by molar-refractivity contribution is 0.525. The van der Waals surface area contributed by atoms with E-state index < -0.39 is 0 Å². The van der Waals surface area contributed by atoms with Crippen LogP contribution >= 0.6 is 23.4 Å². The van der Waals surface area contributed by atoms with E-state index >= 15 is 0 Å². The third kappa shape index (κ3) is 4.53. The van der Waals surface area contributed by atoms with Gasteiger partial charge in [-0.15, -0.1) is 11.8 Å². The molecule has 1 aromatic rings. The van der Waals surface area contributed by atoms with Crippen LogP contribution in [0, 0.1) is 0 Å². The molecule has 0 heterocycles. The van der Waals surface area contributed by atoms with Gasteiger partial charge in [0.1, 0.15) is 0 Å². The lowest BCUT2D eigenvalue weighted by Crippen LogP contribution is -2.27. The van der Waals surface area contributed by atoms with Crippen molar-refractivity contribution in [2.45, 2.75) is 43.0 Å². The predicted octanol–water partition coefficient (Wildman–Crippen LogP) is 4.35. The highest BCUT2D eigenvalue weighted by atomic mass is 35.5. The minimum atomic E-state index is 0.792. The smallest absolute Gasteiger partial charge is 0.0541 e. The van der Waals surface area contributed by atoms with Crippen molar-refractivity contribution < 1.29 is 0 Å². The predicted molar refractivity (Wildman–Crippen MR) is 77.1 cm³/mol. The Morgan fingerprint density at radius 1 is 1.24 bits per heavy atom. The van der Waals surface area contributed by atoms with Crippen LogP contribution in [-0.4, -0.2) is 18.3 Å². The van der Waals surface area contributed by atoms with Crippen molar-refractivity contribution in [3.05, 3.63) is 29.3 Å². The van der Waals surface area contributed by atoms with Crippen LogP contribution in [0.3, 0.4) is 0 Å². The summed E-state index contributed by atoms with van der Waals surface area (Å²) in [5.74, 6) is 1.14. The van der Waals surface area contributed by atoms with E-state index in [-0.39, 0.29) is 0 Å². The maximum atomic E-state index is 6.10. The molecule has 1 aromatic carbocycles. The second-order valence-corrected chi connectivity index (χ2v) is 6.11. The molecule has 17 heavy (non-hydrogen) atoms. The number of hydrogen-bond donors (Lipinski definition) is 1. The van der Waals surface area contributed by atoms with Crippen LogP contribution in [-0.2, 0) is 0 Å². The Bertz CT molecular complexity index is 337. The van der Waals surface area contributed by atoms with Crippen LogP contribution in [0.1, 0.15) is 32.1 Å². The molecular weight excluding hydrogens is 250 g/mol. The van der Waals surface area contributed by atoms with Crippen molar-refractivity contribution in [1.82, 2.24) is 5.32 Å². The van der Waals surface area contributed by atoms with Gasteiger partial charge in [-0.3, -0.25) is 0 Å². The Morgan fingerprint density at radius 3 is 2.76 bits per heavy atom. The van der Waals surface area contributed by atoms with Gasteiger partial charge in [0.2, 0.25) is 0 Å². The Hall–Kier alpha value is -0.180. The van der Waals surface area contributed by atoms with Gasteiger partial charge in [0.15, 0.2) is 0 Å². The molecule has 0 bridgehead atoms. The number of thioether (sulfide) groups is 1. The van der Waals surface area contributed by atoms with Crippen LogP contribution in [0.5, 0.6) is 0 Å². The fourth-order valence-electron chi connectivity index (χ4n) is 2.25. The fraction of sp³-hybridized carbons (Fsp3) is 0.571. The van der Waals surface area contributed by atoms with Gasteiger partial charge >= 0.3 is 0 Å². The highest BCUT2D eigenvalue weighted by Crippen LogP contribution is 2.26. The first-order valence-corrected chi connectivity index (χ1v) is 7.83. The molecule has 1 aliphatic carbocycles. The zero-order chi connectivity index (χ0) is 11.9. The molecule has 0 aliphatic heterocycles. The summed E-state index contributed by atoms with van der Waals surface area (Å²) in [6.07, 6.45) is 6.78. The molecule has 1 fully saturated rings. The minimum Gasteiger partial charge on any atom is -0.314 e. The quantitative estimate of drug-likeness (QED) is 0.609. The summed E-state index contributed by atoms with van der Waals surface area (Å²) in [4.78, 5) is 1.20. The summed E-state index contributed by atoms with van der Waals surface area (Å²) < 4.78 is 0. The second kappa shape index (κ2) is 7.30. The molecule has 1 nitrogen and oxygen atoms in total. The maximum absolute atomic E-state index is 6.10. The van der Waals surface area contributed by atoms with Crippen molar-refractivity contribution in [1.29, 1.82) is 0 Å². The summed E-state index contributed by atoms with van der Waals surface area (Å²) in [5.41, 5.74) is 0. The Labute approximate surface area is 113 Å². The standard InChI is InChI=1S/C14H20ClNS/c15-13-8-3-4-9-14(13)17-11-5-10-16-12-6-1-2-7-12/h3-4,8-9,12,16H,1-2,5-7,10-11H2. The van der Waals surface area contributed by atoms with E-state index in [1.54, 1.807) is 0 Å². The average Bonchev–Trinajstić information content (AvgIpc) is 2.84. The van der Waals surface area contributed by atoms with Gasteiger partial charge in [-0.25, -0.2) is 0 Å². The van der Waals surface area contributed by atoms with Gasteiger partial charge in [-0.05, 0) is 43.7 Å². The Balaban J connectivity index is 1.58. The molecule has 1 saturated carbocycles. The molecule has 2 rings (SSSR count). The van der Waals surface area contributed by atoms with Crippen molar-refractivity contribution >= 4 is 23.4 Å². The molecule has 0 aromatic heterocycles. The van der Waals surface area contributed by atoms with Gasteiger partial charge in [0.25, 0.3) is 0 Å². The first-order chi connectivity index (χ1) is 8.36. The molecule has 3 heteroatoms. The first-order valence-electron chi connectivity index (χ1n) is 6.47. The zero-order valence-electron chi connectivity index (χ0n) is 10.1. The highest BCUT2D eigenvalue weighted by Gasteiger charge is 2.13. The normalized spacial score (nSPS) is 16.5. The van der Waals surface area contributed by atoms with Crippen molar-refractivity contribution in [3.8, 4) is 0 Å². The highest BCUT2D eigenvalue weighted by molar-refractivity contribution is 7.99. The van der Waals surface area contributed by atoms with E-state index in [0.717, 1.165) is 23.4 Å². The van der Waals surface area contributed by atoms with Crippen molar-refractivity contribution in [3.63, 3.8) is 0 Å². The van der Waals surface area contributed by atoms with E-state index in [1.807, 2.05) is 30.0 Å². The Kier molecular flexibility index (Phi) is 5.69. The van der Waals surface area contributed by atoms with Gasteiger partial charge < -0.3 is 5.32 Å². The Morgan fingerprint density at radius 2 is 2.00 bits per heavy atom. The first kappa shape index (κ1) is 13.3. The lowest BCUT2D eigenvalue weighted by atomic mass is 10.2. The number of hydrogen-bond acceptors (Lipinski definition) is 2. The molecule has 0 spiro atoms. The number of nitrogens with one attached hydrogen (secondary N) is 1. The van der Waals surface area contributed by atoms with Crippen LogP contribution in [0.2, 0.25) is 5.02 Å². The fourth-order valence-corrected chi connectivity index (χ4v) is 3.44. The average molecular weight is 270 g/mol. The van der Waals surface area contributed by atoms with Crippen molar-refractivity contribution in [2.75, 3.05) is 12.3 Å². The number of rotatable bonds is 6. The zero-order valence-corrected chi connectivity index (χ0v) is 11.7. The van der Waals surface area contributed by atoms with Gasteiger partial charge in [0, 0.05) is 10.9 Å². The maximum Gasteiger partial charge on any atom is 0.0541 e. The summed E-state index contributed by atoms with van der Waals surface area (Å²) in [6.45, 7) is 1.14. The van der Waals surface area contributed by atoms with Crippen LogP contribution < -0.4 is 5.32 Å². The molecule has 0 atom stereocenters. The van der Waals surface area contributed by atoms with Gasteiger partial charge in [-0.2, -0.15) is 0 Å².